The molecule has 1 aliphatic rings. The molecule has 2 amide bonds. The Bertz CT molecular complexity index is 571. The van der Waals surface area contributed by atoms with Crippen LogP contribution in [-0.4, -0.2) is 39.6 Å². The first-order valence-corrected chi connectivity index (χ1v) is 8.33. The maximum Gasteiger partial charge on any atom is 0.229 e. The van der Waals surface area contributed by atoms with Crippen LogP contribution in [-0.2, 0) is 9.59 Å². The summed E-state index contributed by atoms with van der Waals surface area (Å²) in [5.41, 5.74) is 0.305. The normalized spacial score (nSPS) is 19.0. The minimum atomic E-state index is -0.406. The third kappa shape index (κ3) is 4.33. The van der Waals surface area contributed by atoms with Crippen LogP contribution in [0.4, 0.5) is 5.69 Å². The number of rotatable bonds is 3. The van der Waals surface area contributed by atoms with Gasteiger partial charge in [0.25, 0.3) is 0 Å². The fourth-order valence-corrected chi connectivity index (χ4v) is 2.78. The van der Waals surface area contributed by atoms with Crippen LogP contribution in [0, 0.1) is 11.3 Å². The molecule has 0 bridgehead atoms. The van der Waals surface area contributed by atoms with Gasteiger partial charge in [0.05, 0.1) is 17.8 Å². The Balaban J connectivity index is 1.97. The van der Waals surface area contributed by atoms with Crippen LogP contribution in [0.5, 0.6) is 0 Å². The van der Waals surface area contributed by atoms with E-state index in [2.05, 4.69) is 10.4 Å². The van der Waals surface area contributed by atoms with Crippen molar-refractivity contribution in [3.05, 3.63) is 12.4 Å². The van der Waals surface area contributed by atoms with Gasteiger partial charge in [0.15, 0.2) is 0 Å². The van der Waals surface area contributed by atoms with E-state index in [0.29, 0.717) is 12.2 Å². The lowest BCUT2D eigenvalue weighted by atomic mass is 9.91. The Morgan fingerprint density at radius 3 is 2.61 bits per heavy atom. The summed E-state index contributed by atoms with van der Waals surface area (Å²) in [6.07, 6.45) is 5.19. The van der Waals surface area contributed by atoms with E-state index in [1.807, 2.05) is 50.4 Å². The average molecular weight is 320 g/mol. The van der Waals surface area contributed by atoms with Gasteiger partial charge >= 0.3 is 0 Å². The minimum Gasteiger partial charge on any atom is -0.341 e. The van der Waals surface area contributed by atoms with E-state index in [0.717, 1.165) is 19.4 Å². The fraction of sp³-hybridized carbons (Fsp3) is 0.706. The molecule has 0 spiro atoms. The number of carbonyl (C=O) groups is 2. The van der Waals surface area contributed by atoms with Crippen molar-refractivity contribution in [2.45, 2.75) is 53.5 Å². The lowest BCUT2D eigenvalue weighted by molar-refractivity contribution is -0.142. The molecule has 6 nitrogen and oxygen atoms in total. The van der Waals surface area contributed by atoms with Crippen molar-refractivity contribution < 1.29 is 9.59 Å². The Morgan fingerprint density at radius 2 is 2.04 bits per heavy atom. The molecule has 1 atom stereocenters. The number of carbonyl (C=O) groups excluding carboxylic acids is 2. The monoisotopic (exact) mass is 320 g/mol. The number of aromatic nitrogens is 2. The van der Waals surface area contributed by atoms with Crippen molar-refractivity contribution in [2.24, 2.45) is 11.3 Å². The second kappa shape index (κ2) is 6.72. The quantitative estimate of drug-likeness (QED) is 0.931. The number of hydrogen-bond donors (Lipinski definition) is 1. The summed E-state index contributed by atoms with van der Waals surface area (Å²) in [6, 6.07) is 0.259. The largest absolute Gasteiger partial charge is 0.341 e. The van der Waals surface area contributed by atoms with Crippen molar-refractivity contribution >= 4 is 17.5 Å². The number of likely N-dealkylation sites (tertiary alicyclic amines) is 1. The molecular formula is C17H28N4O2. The molecule has 1 saturated heterocycles. The predicted octanol–water partition coefficient (Wildman–Crippen LogP) is 2.69. The Hall–Kier alpha value is -1.85. The summed E-state index contributed by atoms with van der Waals surface area (Å²) < 4.78 is 1.81. The third-order valence-electron chi connectivity index (χ3n) is 4.12. The average Bonchev–Trinajstić information content (AvgIpc) is 2.94. The summed E-state index contributed by atoms with van der Waals surface area (Å²) in [5.74, 6) is -0.0696. The van der Waals surface area contributed by atoms with E-state index in [9.17, 15) is 9.59 Å². The molecule has 1 aliphatic heterocycles. The zero-order valence-electron chi connectivity index (χ0n) is 14.8. The van der Waals surface area contributed by atoms with Gasteiger partial charge in [-0.15, -0.1) is 0 Å². The van der Waals surface area contributed by atoms with Crippen LogP contribution in [0.15, 0.2) is 12.4 Å². The van der Waals surface area contributed by atoms with Gasteiger partial charge in [-0.05, 0) is 26.7 Å². The zero-order valence-corrected chi connectivity index (χ0v) is 14.8. The molecule has 128 valence electrons. The van der Waals surface area contributed by atoms with Crippen molar-refractivity contribution in [1.29, 1.82) is 0 Å². The van der Waals surface area contributed by atoms with Crippen LogP contribution in [0.1, 0.15) is 53.5 Å². The topological polar surface area (TPSA) is 67.2 Å². The standard InChI is InChI=1S/C17H28N4O2/c1-12(2)21-11-14(9-18-21)19-15(22)13-7-6-8-20(10-13)16(23)17(3,4)5/h9,11-13H,6-8,10H2,1-5H3,(H,19,22). The maximum atomic E-state index is 12.5. The molecule has 6 heteroatoms. The van der Waals surface area contributed by atoms with Crippen molar-refractivity contribution in [2.75, 3.05) is 18.4 Å². The molecule has 1 unspecified atom stereocenters. The highest BCUT2D eigenvalue weighted by Crippen LogP contribution is 2.24. The van der Waals surface area contributed by atoms with Gasteiger partial charge in [-0.3, -0.25) is 14.3 Å². The first-order chi connectivity index (χ1) is 10.7. The van der Waals surface area contributed by atoms with E-state index in [1.165, 1.54) is 0 Å². The SMILES string of the molecule is CC(C)n1cc(NC(=O)C2CCCN(C(=O)C(C)(C)C)C2)cn1. The highest BCUT2D eigenvalue weighted by atomic mass is 16.2. The van der Waals surface area contributed by atoms with E-state index >= 15 is 0 Å². The summed E-state index contributed by atoms with van der Waals surface area (Å²) >= 11 is 0. The Kier molecular flexibility index (Phi) is 5.12. The summed E-state index contributed by atoms with van der Waals surface area (Å²) in [4.78, 5) is 26.7. The number of hydrogen-bond acceptors (Lipinski definition) is 3. The zero-order chi connectivity index (χ0) is 17.2. The molecule has 0 aromatic carbocycles. The number of anilines is 1. The summed E-state index contributed by atoms with van der Waals surface area (Å²) in [6.45, 7) is 11.1. The molecule has 1 N–H and O–H groups in total. The van der Waals surface area contributed by atoms with E-state index in [1.54, 1.807) is 6.20 Å². The van der Waals surface area contributed by atoms with Crippen molar-refractivity contribution in [3.8, 4) is 0 Å². The van der Waals surface area contributed by atoms with Gasteiger partial charge in [0.2, 0.25) is 11.8 Å². The molecule has 1 fully saturated rings. The Labute approximate surface area is 138 Å². The molecule has 1 aromatic rings. The van der Waals surface area contributed by atoms with Gasteiger partial charge in [-0.2, -0.15) is 5.10 Å². The molecule has 23 heavy (non-hydrogen) atoms. The second-order valence-electron chi connectivity index (χ2n) is 7.63. The second-order valence-corrected chi connectivity index (χ2v) is 7.63. The summed E-state index contributed by atoms with van der Waals surface area (Å²) in [7, 11) is 0. The van der Waals surface area contributed by atoms with Crippen LogP contribution < -0.4 is 5.32 Å². The molecule has 0 saturated carbocycles. The maximum absolute atomic E-state index is 12.5. The predicted molar refractivity (Wildman–Crippen MR) is 90.0 cm³/mol. The van der Waals surface area contributed by atoms with Crippen LogP contribution in [0.3, 0.4) is 0 Å². The molecule has 2 heterocycles. The van der Waals surface area contributed by atoms with E-state index < -0.39 is 5.41 Å². The molecule has 0 radical (unpaired) electrons. The lowest BCUT2D eigenvalue weighted by Gasteiger charge is -2.35. The minimum absolute atomic E-state index is 0.0280. The third-order valence-corrected chi connectivity index (χ3v) is 4.12. The first kappa shape index (κ1) is 17.5. The van der Waals surface area contributed by atoms with Gasteiger partial charge in [-0.1, -0.05) is 20.8 Å². The first-order valence-electron chi connectivity index (χ1n) is 8.33. The number of nitrogens with zero attached hydrogens (tertiary/aromatic N) is 3. The smallest absolute Gasteiger partial charge is 0.229 e. The summed E-state index contributed by atoms with van der Waals surface area (Å²) in [5, 5.41) is 7.15. The molecule has 1 aromatic heterocycles. The van der Waals surface area contributed by atoms with Gasteiger partial charge < -0.3 is 10.2 Å². The molecule has 2 rings (SSSR count). The van der Waals surface area contributed by atoms with Crippen LogP contribution >= 0.6 is 0 Å². The number of amides is 2. The number of nitrogens with one attached hydrogen (secondary N) is 1. The fourth-order valence-electron chi connectivity index (χ4n) is 2.78. The Morgan fingerprint density at radius 1 is 1.35 bits per heavy atom. The van der Waals surface area contributed by atoms with Crippen LogP contribution in [0.25, 0.3) is 0 Å². The number of piperidine rings is 1. The highest BCUT2D eigenvalue weighted by molar-refractivity contribution is 5.93. The van der Waals surface area contributed by atoms with E-state index in [4.69, 9.17) is 0 Å². The lowest BCUT2D eigenvalue weighted by Crippen LogP contribution is -2.47. The molecular weight excluding hydrogens is 292 g/mol. The van der Waals surface area contributed by atoms with E-state index in [-0.39, 0.29) is 23.8 Å². The van der Waals surface area contributed by atoms with Gasteiger partial charge in [-0.25, -0.2) is 0 Å². The van der Waals surface area contributed by atoms with Crippen molar-refractivity contribution in [3.63, 3.8) is 0 Å². The van der Waals surface area contributed by atoms with Gasteiger partial charge in [0, 0.05) is 30.7 Å². The van der Waals surface area contributed by atoms with Gasteiger partial charge in [0.1, 0.15) is 0 Å². The van der Waals surface area contributed by atoms with Crippen LogP contribution in [0.2, 0.25) is 0 Å². The molecule has 0 aliphatic carbocycles. The van der Waals surface area contributed by atoms with Crippen molar-refractivity contribution in [1.82, 2.24) is 14.7 Å². The highest BCUT2D eigenvalue weighted by Gasteiger charge is 2.33.